The molecule has 4 aromatic rings. The first-order valence-electron chi connectivity index (χ1n) is 8.07. The van der Waals surface area contributed by atoms with E-state index in [9.17, 15) is 9.59 Å². The Hall–Kier alpha value is -3.03. The third kappa shape index (κ3) is 3.47. The van der Waals surface area contributed by atoms with Gasteiger partial charge >= 0.3 is 5.91 Å². The van der Waals surface area contributed by atoms with E-state index in [1.54, 1.807) is 24.3 Å². The van der Waals surface area contributed by atoms with Crippen LogP contribution in [0.5, 0.6) is 0 Å². The van der Waals surface area contributed by atoms with Crippen molar-refractivity contribution >= 4 is 39.6 Å². The summed E-state index contributed by atoms with van der Waals surface area (Å²) in [7, 11) is 0. The molecule has 0 aliphatic rings. The van der Waals surface area contributed by atoms with E-state index in [2.05, 4.69) is 15.2 Å². The van der Waals surface area contributed by atoms with Gasteiger partial charge in [-0.25, -0.2) is 5.10 Å². The summed E-state index contributed by atoms with van der Waals surface area (Å²) in [4.78, 5) is 29.3. The first-order valence-corrected chi connectivity index (χ1v) is 9.33. The highest BCUT2D eigenvalue weighted by atomic mass is 35.5. The molecule has 27 heavy (non-hydrogen) atoms. The summed E-state index contributed by atoms with van der Waals surface area (Å²) < 4.78 is 1.84. The molecule has 0 aliphatic carbocycles. The van der Waals surface area contributed by atoms with Crippen LogP contribution in [0.3, 0.4) is 0 Å². The quantitative estimate of drug-likeness (QED) is 0.577. The fraction of sp³-hybridized carbons (Fsp3) is 0.0526. The van der Waals surface area contributed by atoms with Gasteiger partial charge in [-0.3, -0.25) is 9.59 Å². The summed E-state index contributed by atoms with van der Waals surface area (Å²) in [6.45, 7) is 0.495. The number of thiazole rings is 1. The van der Waals surface area contributed by atoms with Crippen LogP contribution in [0.4, 0.5) is 0 Å². The van der Waals surface area contributed by atoms with Crippen molar-refractivity contribution in [1.29, 1.82) is 0 Å². The number of amides is 1. The monoisotopic (exact) mass is 396 g/mol. The van der Waals surface area contributed by atoms with Crippen LogP contribution in [0.25, 0.3) is 10.8 Å². The molecule has 0 radical (unpaired) electrons. The average molecular weight is 397 g/mol. The van der Waals surface area contributed by atoms with Crippen molar-refractivity contribution in [3.63, 3.8) is 0 Å². The molecule has 0 fully saturated rings. The Balaban J connectivity index is 1.75. The maximum Gasteiger partial charge on any atom is 0.300 e. The van der Waals surface area contributed by atoms with E-state index < -0.39 is 5.91 Å². The lowest BCUT2D eigenvalue weighted by Gasteiger charge is -2.05. The van der Waals surface area contributed by atoms with Crippen LogP contribution in [0.2, 0.25) is 5.02 Å². The van der Waals surface area contributed by atoms with Crippen LogP contribution in [-0.4, -0.2) is 20.7 Å². The molecule has 1 N–H and O–H groups in total. The van der Waals surface area contributed by atoms with Crippen molar-refractivity contribution in [2.24, 2.45) is 4.99 Å². The minimum atomic E-state index is -0.516. The van der Waals surface area contributed by atoms with Gasteiger partial charge in [0.25, 0.3) is 5.56 Å². The van der Waals surface area contributed by atoms with Gasteiger partial charge < -0.3 is 4.57 Å². The molecule has 0 bridgehead atoms. The summed E-state index contributed by atoms with van der Waals surface area (Å²) >= 11 is 7.56. The predicted octanol–water partition coefficient (Wildman–Crippen LogP) is 3.23. The number of fused-ring (bicyclic) bond motifs is 1. The maximum absolute atomic E-state index is 12.7. The number of hydrogen-bond acceptors (Lipinski definition) is 4. The van der Waals surface area contributed by atoms with Crippen LogP contribution >= 0.6 is 22.9 Å². The third-order valence-corrected chi connectivity index (χ3v) is 5.22. The minimum Gasteiger partial charge on any atom is -0.319 e. The topological polar surface area (TPSA) is 80.1 Å². The minimum absolute atomic E-state index is 0.114. The molecule has 0 aliphatic heterocycles. The molecule has 6 nitrogen and oxygen atoms in total. The fourth-order valence-electron chi connectivity index (χ4n) is 2.73. The van der Waals surface area contributed by atoms with Crippen LogP contribution in [0, 0.1) is 0 Å². The lowest BCUT2D eigenvalue weighted by molar-refractivity contribution is 0.0994. The Morgan fingerprint density at radius 2 is 1.89 bits per heavy atom. The van der Waals surface area contributed by atoms with Gasteiger partial charge in [-0.15, -0.1) is 11.3 Å². The zero-order chi connectivity index (χ0) is 18.8. The van der Waals surface area contributed by atoms with E-state index in [1.165, 1.54) is 11.3 Å². The van der Waals surface area contributed by atoms with Gasteiger partial charge in [0.05, 0.1) is 11.9 Å². The zero-order valence-electron chi connectivity index (χ0n) is 13.9. The first-order chi connectivity index (χ1) is 13.1. The molecule has 0 spiro atoms. The molecule has 2 aromatic carbocycles. The molecular formula is C19H13ClN4O2S. The number of hydrogen-bond donors (Lipinski definition) is 1. The molecule has 2 heterocycles. The fourth-order valence-corrected chi connectivity index (χ4v) is 3.66. The Morgan fingerprint density at radius 1 is 1.15 bits per heavy atom. The maximum atomic E-state index is 12.7. The first kappa shape index (κ1) is 17.4. The van der Waals surface area contributed by atoms with Gasteiger partial charge in [0.1, 0.15) is 0 Å². The number of nitrogens with zero attached hydrogens (tertiary/aromatic N) is 3. The normalized spacial score (nSPS) is 11.8. The number of nitrogens with one attached hydrogen (secondary N) is 1. The molecule has 2 aromatic heterocycles. The highest BCUT2D eigenvalue weighted by molar-refractivity contribution is 7.07. The zero-order valence-corrected chi connectivity index (χ0v) is 15.5. The van der Waals surface area contributed by atoms with Gasteiger partial charge in [0.15, 0.2) is 10.5 Å². The molecule has 0 saturated heterocycles. The smallest absolute Gasteiger partial charge is 0.300 e. The van der Waals surface area contributed by atoms with Gasteiger partial charge in [-0.05, 0) is 17.7 Å². The van der Waals surface area contributed by atoms with Crippen molar-refractivity contribution in [2.75, 3.05) is 0 Å². The summed E-state index contributed by atoms with van der Waals surface area (Å²) in [5.74, 6) is -0.516. The number of rotatable bonds is 3. The van der Waals surface area contributed by atoms with Crippen molar-refractivity contribution in [2.45, 2.75) is 6.54 Å². The van der Waals surface area contributed by atoms with Crippen LogP contribution < -0.4 is 10.4 Å². The summed E-state index contributed by atoms with van der Waals surface area (Å²) in [5, 5.41) is 9.65. The molecule has 0 unspecified atom stereocenters. The Morgan fingerprint density at radius 3 is 2.70 bits per heavy atom. The molecule has 8 heteroatoms. The second-order valence-corrected chi connectivity index (χ2v) is 7.05. The Labute approximate surface area is 162 Å². The second-order valence-electron chi connectivity index (χ2n) is 5.77. The van der Waals surface area contributed by atoms with Crippen LogP contribution in [-0.2, 0) is 6.54 Å². The second kappa shape index (κ2) is 7.30. The molecule has 1 amide bonds. The Kier molecular flexibility index (Phi) is 4.70. The van der Waals surface area contributed by atoms with Crippen molar-refractivity contribution < 1.29 is 4.79 Å². The lowest BCUT2D eigenvalue weighted by atomic mass is 10.1. The van der Waals surface area contributed by atoms with Crippen molar-refractivity contribution in [1.82, 2.24) is 14.8 Å². The van der Waals surface area contributed by atoms with Gasteiger partial charge in [0.2, 0.25) is 0 Å². The standard InChI is InChI=1S/C19H13ClN4O2S/c20-15-8-4-1-5-12(15)11-24-9-10-27-19(24)21-18(26)16-13-6-2-3-7-14(13)17(25)23-22-16/h1-10H,11H2,(H,23,25). The number of H-pyrrole nitrogens is 1. The van der Waals surface area contributed by atoms with E-state index in [1.807, 2.05) is 40.4 Å². The summed E-state index contributed by atoms with van der Waals surface area (Å²) in [5.41, 5.74) is 0.703. The number of halogens is 1. The summed E-state index contributed by atoms with van der Waals surface area (Å²) in [6.07, 6.45) is 1.85. The SMILES string of the molecule is O=C(N=c1sccn1Cc1ccccc1Cl)c1n[nH]c(=O)c2ccccc12. The van der Waals surface area contributed by atoms with E-state index >= 15 is 0 Å². The van der Waals surface area contributed by atoms with Gasteiger partial charge in [-0.1, -0.05) is 48.0 Å². The van der Waals surface area contributed by atoms with E-state index in [4.69, 9.17) is 11.6 Å². The third-order valence-electron chi connectivity index (χ3n) is 4.05. The van der Waals surface area contributed by atoms with Gasteiger partial charge in [0, 0.05) is 22.0 Å². The molecule has 134 valence electrons. The number of carbonyl (C=O) groups excluding carboxylic acids is 1. The number of aromatic amines is 1. The molecule has 4 rings (SSSR count). The van der Waals surface area contributed by atoms with Gasteiger partial charge in [-0.2, -0.15) is 10.1 Å². The van der Waals surface area contributed by atoms with E-state index in [0.717, 1.165) is 5.56 Å². The van der Waals surface area contributed by atoms with E-state index in [-0.39, 0.29) is 11.3 Å². The van der Waals surface area contributed by atoms with Crippen LogP contribution in [0.1, 0.15) is 16.1 Å². The predicted molar refractivity (Wildman–Crippen MR) is 105 cm³/mol. The van der Waals surface area contributed by atoms with Crippen molar-refractivity contribution in [3.05, 3.63) is 91.5 Å². The number of carbonyl (C=O) groups is 1. The average Bonchev–Trinajstić information content (AvgIpc) is 3.11. The highest BCUT2D eigenvalue weighted by Gasteiger charge is 2.13. The molecule has 0 saturated carbocycles. The highest BCUT2D eigenvalue weighted by Crippen LogP contribution is 2.16. The van der Waals surface area contributed by atoms with Crippen molar-refractivity contribution in [3.8, 4) is 0 Å². The number of aromatic nitrogens is 3. The number of benzene rings is 2. The Bertz CT molecular complexity index is 1270. The lowest BCUT2D eigenvalue weighted by Crippen LogP contribution is -2.19. The molecular weight excluding hydrogens is 384 g/mol. The molecule has 0 atom stereocenters. The summed E-state index contributed by atoms with van der Waals surface area (Å²) in [6, 6.07) is 14.3. The largest absolute Gasteiger partial charge is 0.319 e. The van der Waals surface area contributed by atoms with E-state index in [0.29, 0.717) is 27.1 Å². The van der Waals surface area contributed by atoms with Crippen LogP contribution in [0.15, 0.2) is 69.9 Å².